The van der Waals surface area contributed by atoms with Crippen LogP contribution in [-0.4, -0.2) is 6.04 Å². The Hall–Kier alpha value is -1.70. The minimum absolute atomic E-state index is 0.358. The molecule has 0 aliphatic heterocycles. The Morgan fingerprint density at radius 2 is 1.83 bits per heavy atom. The molecule has 1 aromatic heterocycles. The Balaban J connectivity index is 2.09. The van der Waals surface area contributed by atoms with Gasteiger partial charge in [0, 0.05) is 18.2 Å². The molecule has 0 radical (unpaired) electrons. The molecule has 0 bridgehead atoms. The van der Waals surface area contributed by atoms with Crippen LogP contribution in [0.5, 0.6) is 0 Å². The Bertz CT molecular complexity index is 491. The molecule has 1 aromatic carbocycles. The smallest absolute Gasteiger partial charge is 0.105 e. The van der Waals surface area contributed by atoms with Gasteiger partial charge in [0.2, 0.25) is 0 Å². The zero-order chi connectivity index (χ0) is 13.1. The molecule has 0 fully saturated rings. The minimum atomic E-state index is 0.358. The van der Waals surface area contributed by atoms with Crippen molar-refractivity contribution in [1.82, 2.24) is 0 Å². The number of anilines is 1. The van der Waals surface area contributed by atoms with Crippen LogP contribution in [-0.2, 0) is 6.42 Å². The molecule has 0 amide bonds. The van der Waals surface area contributed by atoms with E-state index in [1.54, 1.807) is 6.26 Å². The Labute approximate surface area is 109 Å². The molecule has 0 aliphatic carbocycles. The van der Waals surface area contributed by atoms with Crippen molar-refractivity contribution < 1.29 is 4.42 Å². The molecular formula is C16H21NO. The molecule has 0 saturated carbocycles. The van der Waals surface area contributed by atoms with E-state index >= 15 is 0 Å². The lowest BCUT2D eigenvalue weighted by Crippen LogP contribution is -2.19. The molecule has 2 heteroatoms. The number of benzene rings is 1. The van der Waals surface area contributed by atoms with Crippen LogP contribution < -0.4 is 5.32 Å². The second-order valence-corrected chi connectivity index (χ2v) is 5.10. The standard InChI is InChI=1S/C16H21NO/c1-11-8-12(2)16(13(3)9-11)17-14(4)10-15-6-5-7-18-15/h5-9,14,17H,10H2,1-4H3. The van der Waals surface area contributed by atoms with Crippen LogP contribution >= 0.6 is 0 Å². The van der Waals surface area contributed by atoms with Gasteiger partial charge in [0.05, 0.1) is 6.26 Å². The Kier molecular flexibility index (Phi) is 3.75. The number of furan rings is 1. The van der Waals surface area contributed by atoms with E-state index in [4.69, 9.17) is 4.42 Å². The SMILES string of the molecule is Cc1cc(C)c(NC(C)Cc2ccco2)c(C)c1. The summed E-state index contributed by atoms with van der Waals surface area (Å²) in [6.45, 7) is 8.63. The molecule has 18 heavy (non-hydrogen) atoms. The van der Waals surface area contributed by atoms with E-state index in [2.05, 4.69) is 45.1 Å². The third kappa shape index (κ3) is 2.95. The summed E-state index contributed by atoms with van der Waals surface area (Å²) in [5.41, 5.74) is 5.17. The highest BCUT2D eigenvalue weighted by atomic mass is 16.3. The van der Waals surface area contributed by atoms with Gasteiger partial charge < -0.3 is 9.73 Å². The predicted octanol–water partition coefficient (Wildman–Crippen LogP) is 4.25. The number of nitrogens with one attached hydrogen (secondary N) is 1. The van der Waals surface area contributed by atoms with E-state index in [0.29, 0.717) is 6.04 Å². The van der Waals surface area contributed by atoms with E-state index in [9.17, 15) is 0 Å². The lowest BCUT2D eigenvalue weighted by Gasteiger charge is -2.19. The maximum Gasteiger partial charge on any atom is 0.105 e. The van der Waals surface area contributed by atoms with Gasteiger partial charge in [-0.15, -0.1) is 0 Å². The molecule has 96 valence electrons. The number of hydrogen-bond acceptors (Lipinski definition) is 2. The van der Waals surface area contributed by atoms with Crippen LogP contribution in [0.4, 0.5) is 5.69 Å². The van der Waals surface area contributed by atoms with Crippen LogP contribution in [0.25, 0.3) is 0 Å². The maximum absolute atomic E-state index is 5.38. The van der Waals surface area contributed by atoms with E-state index in [0.717, 1.165) is 12.2 Å². The second kappa shape index (κ2) is 5.30. The summed E-state index contributed by atoms with van der Waals surface area (Å²) in [6, 6.07) is 8.75. The average Bonchev–Trinajstić information content (AvgIpc) is 2.76. The molecule has 2 rings (SSSR count). The predicted molar refractivity (Wildman–Crippen MR) is 76.1 cm³/mol. The quantitative estimate of drug-likeness (QED) is 0.868. The summed E-state index contributed by atoms with van der Waals surface area (Å²) < 4.78 is 5.38. The lowest BCUT2D eigenvalue weighted by atomic mass is 10.0. The molecule has 2 aromatic rings. The van der Waals surface area contributed by atoms with E-state index in [1.165, 1.54) is 22.4 Å². The number of hydrogen-bond donors (Lipinski definition) is 1. The zero-order valence-corrected chi connectivity index (χ0v) is 11.6. The maximum atomic E-state index is 5.38. The highest BCUT2D eigenvalue weighted by Crippen LogP contribution is 2.23. The van der Waals surface area contributed by atoms with Gasteiger partial charge in [0.1, 0.15) is 5.76 Å². The van der Waals surface area contributed by atoms with Crippen molar-refractivity contribution in [2.24, 2.45) is 0 Å². The fraction of sp³-hybridized carbons (Fsp3) is 0.375. The van der Waals surface area contributed by atoms with Crippen molar-refractivity contribution >= 4 is 5.69 Å². The largest absolute Gasteiger partial charge is 0.469 e. The molecule has 0 aliphatic rings. The topological polar surface area (TPSA) is 25.2 Å². The van der Waals surface area contributed by atoms with Gasteiger partial charge in [-0.25, -0.2) is 0 Å². The summed E-state index contributed by atoms with van der Waals surface area (Å²) >= 11 is 0. The fourth-order valence-electron chi connectivity index (χ4n) is 2.44. The fourth-order valence-corrected chi connectivity index (χ4v) is 2.44. The molecule has 1 unspecified atom stereocenters. The molecule has 1 N–H and O–H groups in total. The van der Waals surface area contributed by atoms with Gasteiger partial charge in [-0.3, -0.25) is 0 Å². The summed E-state index contributed by atoms with van der Waals surface area (Å²) in [5, 5.41) is 3.58. The van der Waals surface area contributed by atoms with Crippen molar-refractivity contribution in [1.29, 1.82) is 0 Å². The first-order valence-electron chi connectivity index (χ1n) is 6.43. The Morgan fingerprint density at radius 1 is 1.17 bits per heavy atom. The van der Waals surface area contributed by atoms with Crippen molar-refractivity contribution in [3.05, 3.63) is 53.0 Å². The van der Waals surface area contributed by atoms with E-state index in [-0.39, 0.29) is 0 Å². The highest BCUT2D eigenvalue weighted by molar-refractivity contribution is 5.58. The Morgan fingerprint density at radius 3 is 2.39 bits per heavy atom. The first kappa shape index (κ1) is 12.7. The van der Waals surface area contributed by atoms with Crippen molar-refractivity contribution in [3.8, 4) is 0 Å². The van der Waals surface area contributed by atoms with E-state index < -0.39 is 0 Å². The summed E-state index contributed by atoms with van der Waals surface area (Å²) in [4.78, 5) is 0. The molecule has 0 spiro atoms. The lowest BCUT2D eigenvalue weighted by molar-refractivity contribution is 0.497. The molecule has 1 atom stereocenters. The van der Waals surface area contributed by atoms with Crippen LogP contribution in [0, 0.1) is 20.8 Å². The monoisotopic (exact) mass is 243 g/mol. The molecule has 2 nitrogen and oxygen atoms in total. The second-order valence-electron chi connectivity index (χ2n) is 5.10. The van der Waals surface area contributed by atoms with Gasteiger partial charge in [-0.1, -0.05) is 17.7 Å². The molecular weight excluding hydrogens is 222 g/mol. The summed E-state index contributed by atoms with van der Waals surface area (Å²) in [6.07, 6.45) is 2.63. The van der Waals surface area contributed by atoms with Crippen LogP contribution in [0.3, 0.4) is 0 Å². The first-order chi connectivity index (χ1) is 8.56. The summed E-state index contributed by atoms with van der Waals surface area (Å²) in [7, 11) is 0. The van der Waals surface area contributed by atoms with Crippen molar-refractivity contribution in [2.45, 2.75) is 40.2 Å². The number of aryl methyl sites for hydroxylation is 3. The van der Waals surface area contributed by atoms with Gasteiger partial charge in [-0.05, 0) is 51.0 Å². The normalized spacial score (nSPS) is 12.4. The molecule has 1 heterocycles. The zero-order valence-electron chi connectivity index (χ0n) is 11.6. The third-order valence-corrected chi connectivity index (χ3v) is 3.16. The van der Waals surface area contributed by atoms with Gasteiger partial charge in [-0.2, -0.15) is 0 Å². The average molecular weight is 243 g/mol. The van der Waals surface area contributed by atoms with Gasteiger partial charge in [0.25, 0.3) is 0 Å². The van der Waals surface area contributed by atoms with Crippen LogP contribution in [0.15, 0.2) is 34.9 Å². The molecule has 0 saturated heterocycles. The number of rotatable bonds is 4. The summed E-state index contributed by atoms with van der Waals surface area (Å²) in [5.74, 6) is 1.03. The third-order valence-electron chi connectivity index (χ3n) is 3.16. The van der Waals surface area contributed by atoms with E-state index in [1.807, 2.05) is 12.1 Å². The minimum Gasteiger partial charge on any atom is -0.469 e. The van der Waals surface area contributed by atoms with Crippen LogP contribution in [0.2, 0.25) is 0 Å². The van der Waals surface area contributed by atoms with Crippen LogP contribution in [0.1, 0.15) is 29.4 Å². The van der Waals surface area contributed by atoms with Crippen molar-refractivity contribution in [2.75, 3.05) is 5.32 Å². The highest BCUT2D eigenvalue weighted by Gasteiger charge is 2.09. The van der Waals surface area contributed by atoms with Crippen molar-refractivity contribution in [3.63, 3.8) is 0 Å². The first-order valence-corrected chi connectivity index (χ1v) is 6.43. The van der Waals surface area contributed by atoms with Gasteiger partial charge in [0.15, 0.2) is 0 Å². The van der Waals surface area contributed by atoms with Gasteiger partial charge >= 0.3 is 0 Å².